The number of nitrogens with one attached hydrogen (secondary N) is 1. The lowest BCUT2D eigenvalue weighted by atomic mass is 9.98. The number of rotatable bonds is 5. The molecular weight excluding hydrogens is 248 g/mol. The van der Waals surface area contributed by atoms with Gasteiger partial charge in [0, 0.05) is 11.2 Å². The highest BCUT2D eigenvalue weighted by molar-refractivity contribution is 7.89. The summed E-state index contributed by atoms with van der Waals surface area (Å²) >= 11 is 0. The lowest BCUT2D eigenvalue weighted by Crippen LogP contribution is -2.45. The SMILES string of the molecule is CCC(C)(CC)NS(=O)(=O)c1cc(N)ccc1C. The van der Waals surface area contributed by atoms with Crippen molar-refractivity contribution in [3.05, 3.63) is 23.8 Å². The van der Waals surface area contributed by atoms with Gasteiger partial charge in [-0.2, -0.15) is 0 Å². The molecular formula is C13H22N2O2S. The van der Waals surface area contributed by atoms with Crippen molar-refractivity contribution in [2.75, 3.05) is 5.73 Å². The van der Waals surface area contributed by atoms with Crippen LogP contribution in [0.2, 0.25) is 0 Å². The molecule has 0 amide bonds. The normalized spacial score (nSPS) is 12.7. The van der Waals surface area contributed by atoms with Gasteiger partial charge in [0.05, 0.1) is 4.90 Å². The molecule has 1 rings (SSSR count). The van der Waals surface area contributed by atoms with Crippen LogP contribution in [0.15, 0.2) is 23.1 Å². The first-order valence-corrected chi connectivity index (χ1v) is 7.62. The molecule has 0 spiro atoms. The van der Waals surface area contributed by atoms with Gasteiger partial charge in [-0.05, 0) is 44.4 Å². The largest absolute Gasteiger partial charge is 0.399 e. The van der Waals surface area contributed by atoms with Gasteiger partial charge in [-0.15, -0.1) is 0 Å². The van der Waals surface area contributed by atoms with Crippen molar-refractivity contribution in [3.63, 3.8) is 0 Å². The Bertz CT molecular complexity index is 520. The Morgan fingerprint density at radius 2 is 1.83 bits per heavy atom. The molecule has 0 fully saturated rings. The van der Waals surface area contributed by atoms with Crippen molar-refractivity contribution in [3.8, 4) is 0 Å². The van der Waals surface area contributed by atoms with Crippen LogP contribution in [0.3, 0.4) is 0 Å². The van der Waals surface area contributed by atoms with Crippen LogP contribution in [0.1, 0.15) is 39.2 Å². The zero-order valence-electron chi connectivity index (χ0n) is 11.4. The number of sulfonamides is 1. The van der Waals surface area contributed by atoms with Crippen molar-refractivity contribution < 1.29 is 8.42 Å². The molecule has 0 saturated carbocycles. The minimum Gasteiger partial charge on any atom is -0.399 e. The Hall–Kier alpha value is -1.07. The second-order valence-corrected chi connectivity index (χ2v) is 6.55. The van der Waals surface area contributed by atoms with Crippen LogP contribution in [-0.4, -0.2) is 14.0 Å². The predicted octanol–water partition coefficient (Wildman–Crippen LogP) is 2.43. The number of nitrogens with two attached hydrogens (primary N) is 1. The van der Waals surface area contributed by atoms with E-state index in [1.54, 1.807) is 19.1 Å². The lowest BCUT2D eigenvalue weighted by molar-refractivity contribution is 0.388. The Labute approximate surface area is 110 Å². The zero-order chi connectivity index (χ0) is 14.0. The van der Waals surface area contributed by atoms with Crippen molar-refractivity contribution >= 4 is 15.7 Å². The Morgan fingerprint density at radius 1 is 1.28 bits per heavy atom. The third-order valence-corrected chi connectivity index (χ3v) is 5.22. The maximum Gasteiger partial charge on any atom is 0.241 e. The number of hydrogen-bond acceptors (Lipinski definition) is 3. The van der Waals surface area contributed by atoms with Gasteiger partial charge in [0.1, 0.15) is 0 Å². The smallest absolute Gasteiger partial charge is 0.241 e. The third kappa shape index (κ3) is 3.23. The summed E-state index contributed by atoms with van der Waals surface area (Å²) in [5.41, 5.74) is 6.39. The van der Waals surface area contributed by atoms with Gasteiger partial charge in [-0.1, -0.05) is 19.9 Å². The molecule has 102 valence electrons. The van der Waals surface area contributed by atoms with Gasteiger partial charge in [0.2, 0.25) is 10.0 Å². The van der Waals surface area contributed by atoms with E-state index >= 15 is 0 Å². The Balaban J connectivity index is 3.18. The maximum atomic E-state index is 12.4. The first-order chi connectivity index (χ1) is 8.24. The zero-order valence-corrected chi connectivity index (χ0v) is 12.3. The highest BCUT2D eigenvalue weighted by Crippen LogP contribution is 2.22. The molecule has 0 saturated heterocycles. The number of benzene rings is 1. The first kappa shape index (κ1) is 15.0. The van der Waals surface area contributed by atoms with Crippen LogP contribution in [0.25, 0.3) is 0 Å². The van der Waals surface area contributed by atoms with Crippen LogP contribution in [-0.2, 0) is 10.0 Å². The quantitative estimate of drug-likeness (QED) is 0.807. The molecule has 0 radical (unpaired) electrons. The summed E-state index contributed by atoms with van der Waals surface area (Å²) in [5, 5.41) is 0. The minimum atomic E-state index is -3.53. The van der Waals surface area contributed by atoms with E-state index in [-0.39, 0.29) is 4.90 Å². The number of aryl methyl sites for hydroxylation is 1. The maximum absolute atomic E-state index is 12.4. The summed E-state index contributed by atoms with van der Waals surface area (Å²) in [5.74, 6) is 0. The van der Waals surface area contributed by atoms with Crippen LogP contribution >= 0.6 is 0 Å². The van der Waals surface area contributed by atoms with Crippen LogP contribution in [0, 0.1) is 6.92 Å². The molecule has 0 unspecified atom stereocenters. The molecule has 4 nitrogen and oxygen atoms in total. The predicted molar refractivity (Wildman–Crippen MR) is 74.9 cm³/mol. The third-order valence-electron chi connectivity index (χ3n) is 3.44. The van der Waals surface area contributed by atoms with E-state index in [2.05, 4.69) is 4.72 Å². The van der Waals surface area contributed by atoms with Gasteiger partial charge < -0.3 is 5.73 Å². The van der Waals surface area contributed by atoms with Gasteiger partial charge in [-0.25, -0.2) is 13.1 Å². The highest BCUT2D eigenvalue weighted by Gasteiger charge is 2.28. The molecule has 1 aromatic carbocycles. The second-order valence-electron chi connectivity index (χ2n) is 4.90. The summed E-state index contributed by atoms with van der Waals surface area (Å²) in [6.45, 7) is 7.62. The lowest BCUT2D eigenvalue weighted by Gasteiger charge is -2.28. The Morgan fingerprint density at radius 3 is 2.33 bits per heavy atom. The van der Waals surface area contributed by atoms with Crippen LogP contribution < -0.4 is 10.5 Å². The molecule has 18 heavy (non-hydrogen) atoms. The summed E-state index contributed by atoms with van der Waals surface area (Å²) in [7, 11) is -3.53. The van der Waals surface area contributed by atoms with Crippen LogP contribution in [0.4, 0.5) is 5.69 Å². The topological polar surface area (TPSA) is 72.2 Å². The van der Waals surface area contributed by atoms with Crippen molar-refractivity contribution in [1.29, 1.82) is 0 Å². The monoisotopic (exact) mass is 270 g/mol. The fourth-order valence-corrected chi connectivity index (χ4v) is 3.51. The van der Waals surface area contributed by atoms with Gasteiger partial charge in [-0.3, -0.25) is 0 Å². The van der Waals surface area contributed by atoms with E-state index in [4.69, 9.17) is 5.73 Å². The molecule has 0 aromatic heterocycles. The van der Waals surface area contributed by atoms with Gasteiger partial charge >= 0.3 is 0 Å². The second kappa shape index (κ2) is 5.28. The van der Waals surface area contributed by atoms with Crippen molar-refractivity contribution in [1.82, 2.24) is 4.72 Å². The van der Waals surface area contributed by atoms with Crippen molar-refractivity contribution in [2.24, 2.45) is 0 Å². The van der Waals surface area contributed by atoms with E-state index in [0.29, 0.717) is 11.3 Å². The van der Waals surface area contributed by atoms with E-state index < -0.39 is 15.6 Å². The molecule has 0 aliphatic heterocycles. The fourth-order valence-electron chi connectivity index (χ4n) is 1.68. The number of hydrogen-bond donors (Lipinski definition) is 2. The summed E-state index contributed by atoms with van der Waals surface area (Å²) in [4.78, 5) is 0.260. The van der Waals surface area contributed by atoms with E-state index in [1.807, 2.05) is 20.8 Å². The molecule has 0 atom stereocenters. The Kier molecular flexibility index (Phi) is 4.40. The molecule has 5 heteroatoms. The van der Waals surface area contributed by atoms with E-state index in [9.17, 15) is 8.42 Å². The molecule has 0 aliphatic rings. The highest BCUT2D eigenvalue weighted by atomic mass is 32.2. The molecule has 3 N–H and O–H groups in total. The number of anilines is 1. The molecule has 0 aliphatic carbocycles. The minimum absolute atomic E-state index is 0.260. The first-order valence-electron chi connectivity index (χ1n) is 6.14. The average molecular weight is 270 g/mol. The molecule has 1 aromatic rings. The standard InChI is InChI=1S/C13H22N2O2S/c1-5-13(4,6-2)15-18(16,17)12-9-11(14)8-7-10(12)3/h7-9,15H,5-6,14H2,1-4H3. The average Bonchev–Trinajstić information content (AvgIpc) is 2.31. The van der Waals surface area contributed by atoms with E-state index in [1.165, 1.54) is 6.07 Å². The van der Waals surface area contributed by atoms with E-state index in [0.717, 1.165) is 12.8 Å². The summed E-state index contributed by atoms with van der Waals surface area (Å²) in [6, 6.07) is 4.93. The summed E-state index contributed by atoms with van der Waals surface area (Å²) in [6.07, 6.45) is 1.48. The number of nitrogen functional groups attached to an aromatic ring is 1. The molecule has 0 bridgehead atoms. The summed E-state index contributed by atoms with van der Waals surface area (Å²) < 4.78 is 27.5. The fraction of sp³-hybridized carbons (Fsp3) is 0.538. The van der Waals surface area contributed by atoms with Gasteiger partial charge in [0.25, 0.3) is 0 Å². The van der Waals surface area contributed by atoms with Crippen molar-refractivity contribution in [2.45, 2.75) is 51.0 Å². The van der Waals surface area contributed by atoms with Crippen LogP contribution in [0.5, 0.6) is 0 Å². The molecule has 0 heterocycles. The van der Waals surface area contributed by atoms with Gasteiger partial charge in [0.15, 0.2) is 0 Å².